The third-order valence-corrected chi connectivity index (χ3v) is 4.70. The Bertz CT molecular complexity index is 535. The first-order valence-corrected chi connectivity index (χ1v) is 8.38. The van der Waals surface area contributed by atoms with Gasteiger partial charge in [-0.1, -0.05) is 11.6 Å². The number of allylic oxidation sites excluding steroid dienone is 2. The van der Waals surface area contributed by atoms with E-state index in [1.165, 1.54) is 9.80 Å². The van der Waals surface area contributed by atoms with Gasteiger partial charge in [0.25, 0.3) is 0 Å². The van der Waals surface area contributed by atoms with Crippen LogP contribution >= 0.6 is 0 Å². The molecule has 0 saturated carbocycles. The number of carbonyl (C=O) groups is 3. The molecule has 2 amide bonds. The van der Waals surface area contributed by atoms with Crippen molar-refractivity contribution in [2.45, 2.75) is 33.1 Å². The summed E-state index contributed by atoms with van der Waals surface area (Å²) in [6.07, 6.45) is 3.37. The van der Waals surface area contributed by atoms with Crippen molar-refractivity contribution in [3.63, 3.8) is 0 Å². The van der Waals surface area contributed by atoms with E-state index in [-0.39, 0.29) is 6.54 Å². The number of carboxylic acid groups (broad SMARTS) is 1. The minimum Gasteiger partial charge on any atom is -0.481 e. The predicted molar refractivity (Wildman–Crippen MR) is 87.3 cm³/mol. The molecule has 0 aliphatic carbocycles. The third kappa shape index (κ3) is 4.14. The van der Waals surface area contributed by atoms with Crippen LogP contribution in [0.25, 0.3) is 0 Å². The van der Waals surface area contributed by atoms with Crippen molar-refractivity contribution in [1.29, 1.82) is 0 Å². The summed E-state index contributed by atoms with van der Waals surface area (Å²) in [5, 5.41) is 9.71. The summed E-state index contributed by atoms with van der Waals surface area (Å²) < 4.78 is 5.19. The van der Waals surface area contributed by atoms with Gasteiger partial charge in [-0.15, -0.1) is 0 Å². The van der Waals surface area contributed by atoms with Gasteiger partial charge < -0.3 is 19.6 Å². The summed E-state index contributed by atoms with van der Waals surface area (Å²) in [4.78, 5) is 39.6. The van der Waals surface area contributed by atoms with Crippen LogP contribution in [0.3, 0.4) is 0 Å². The summed E-state index contributed by atoms with van der Waals surface area (Å²) in [5.41, 5.74) is 0.0414. The zero-order valence-electron chi connectivity index (χ0n) is 14.4. The van der Waals surface area contributed by atoms with Gasteiger partial charge in [0, 0.05) is 26.2 Å². The Morgan fingerprint density at radius 2 is 1.71 bits per heavy atom. The Morgan fingerprint density at radius 1 is 1.08 bits per heavy atom. The molecule has 7 nitrogen and oxygen atoms in total. The highest BCUT2D eigenvalue weighted by Gasteiger charge is 2.44. The van der Waals surface area contributed by atoms with Crippen molar-refractivity contribution in [2.75, 3.05) is 39.4 Å². The maximum atomic E-state index is 12.5. The van der Waals surface area contributed by atoms with Crippen LogP contribution in [0.1, 0.15) is 33.1 Å². The number of hydrogen-bond acceptors (Lipinski definition) is 4. The van der Waals surface area contributed by atoms with Crippen LogP contribution in [0.2, 0.25) is 0 Å². The second-order valence-corrected chi connectivity index (χ2v) is 6.81. The molecule has 134 valence electrons. The number of morpholine rings is 1. The van der Waals surface area contributed by atoms with Crippen LogP contribution in [0.4, 0.5) is 0 Å². The zero-order chi connectivity index (χ0) is 17.7. The molecule has 0 bridgehead atoms. The number of aliphatic carboxylic acids is 1. The van der Waals surface area contributed by atoms with Gasteiger partial charge in [0.15, 0.2) is 0 Å². The van der Waals surface area contributed by atoms with E-state index >= 15 is 0 Å². The molecular formula is C17H26N2O5. The molecule has 0 spiro atoms. The molecule has 1 atom stereocenters. The lowest BCUT2D eigenvalue weighted by atomic mass is 9.76. The number of hydrogen-bond donors (Lipinski definition) is 1. The Balaban J connectivity index is 2.09. The minimum absolute atomic E-state index is 0.0844. The number of carboxylic acids is 1. The van der Waals surface area contributed by atoms with Crippen molar-refractivity contribution in [3.05, 3.63) is 11.6 Å². The molecule has 7 heteroatoms. The summed E-state index contributed by atoms with van der Waals surface area (Å²) in [5.74, 6) is -2.06. The van der Waals surface area contributed by atoms with E-state index in [1.807, 2.05) is 19.9 Å². The molecule has 2 fully saturated rings. The second-order valence-electron chi connectivity index (χ2n) is 6.81. The Labute approximate surface area is 142 Å². The summed E-state index contributed by atoms with van der Waals surface area (Å²) >= 11 is 0. The molecule has 0 aromatic carbocycles. The molecule has 2 aliphatic heterocycles. The van der Waals surface area contributed by atoms with E-state index in [2.05, 4.69) is 0 Å². The lowest BCUT2D eigenvalue weighted by molar-refractivity contribution is -0.161. The molecule has 24 heavy (non-hydrogen) atoms. The fourth-order valence-corrected chi connectivity index (χ4v) is 3.17. The van der Waals surface area contributed by atoms with Gasteiger partial charge in [-0.2, -0.15) is 0 Å². The fraction of sp³-hybridized carbons (Fsp3) is 0.706. The number of amides is 2. The van der Waals surface area contributed by atoms with Gasteiger partial charge in [0.1, 0.15) is 0 Å². The first kappa shape index (κ1) is 18.4. The summed E-state index contributed by atoms with van der Waals surface area (Å²) in [6, 6.07) is 0. The number of nitrogens with zero attached hydrogens (tertiary/aromatic N) is 2. The normalized spacial score (nSPS) is 24.4. The molecule has 1 N–H and O–H groups in total. The van der Waals surface area contributed by atoms with Gasteiger partial charge >= 0.3 is 17.8 Å². The van der Waals surface area contributed by atoms with Crippen LogP contribution in [0.5, 0.6) is 0 Å². The predicted octanol–water partition coefficient (Wildman–Crippen LogP) is 0.895. The van der Waals surface area contributed by atoms with E-state index in [4.69, 9.17) is 4.74 Å². The molecule has 2 aliphatic rings. The van der Waals surface area contributed by atoms with Crippen molar-refractivity contribution < 1.29 is 24.2 Å². The van der Waals surface area contributed by atoms with E-state index in [0.717, 1.165) is 5.57 Å². The molecule has 0 aromatic rings. The van der Waals surface area contributed by atoms with Gasteiger partial charge in [-0.3, -0.25) is 14.4 Å². The molecule has 1 unspecified atom stereocenters. The van der Waals surface area contributed by atoms with Gasteiger partial charge in [0.2, 0.25) is 0 Å². The van der Waals surface area contributed by atoms with Crippen LogP contribution in [0.15, 0.2) is 11.6 Å². The molecule has 2 saturated heterocycles. The first-order valence-electron chi connectivity index (χ1n) is 8.38. The van der Waals surface area contributed by atoms with Crippen LogP contribution in [-0.4, -0.2) is 72.1 Å². The van der Waals surface area contributed by atoms with Gasteiger partial charge in [-0.25, -0.2) is 0 Å². The topological polar surface area (TPSA) is 87.2 Å². The number of rotatable bonds is 3. The number of ether oxygens (including phenoxy) is 1. The molecule has 2 heterocycles. The Kier molecular flexibility index (Phi) is 5.99. The zero-order valence-corrected chi connectivity index (χ0v) is 14.4. The lowest BCUT2D eigenvalue weighted by Crippen LogP contribution is -2.55. The van der Waals surface area contributed by atoms with Crippen molar-refractivity contribution in [1.82, 2.24) is 9.80 Å². The van der Waals surface area contributed by atoms with Crippen LogP contribution in [-0.2, 0) is 19.1 Å². The molecule has 0 radical (unpaired) electrons. The van der Waals surface area contributed by atoms with Crippen LogP contribution in [0, 0.1) is 5.41 Å². The highest BCUT2D eigenvalue weighted by Crippen LogP contribution is 2.35. The molecule has 0 aromatic heterocycles. The number of piperidine rings is 1. The maximum Gasteiger partial charge on any atom is 0.312 e. The van der Waals surface area contributed by atoms with Gasteiger partial charge in [0.05, 0.1) is 18.6 Å². The largest absolute Gasteiger partial charge is 0.481 e. The van der Waals surface area contributed by atoms with Crippen molar-refractivity contribution in [2.24, 2.45) is 5.41 Å². The SMILES string of the molecule is CC(C)=CCC1(C(=O)O)CCCN(C(=O)C(=O)N2CCOCC2)C1. The third-order valence-electron chi connectivity index (χ3n) is 4.70. The fourth-order valence-electron chi connectivity index (χ4n) is 3.17. The Morgan fingerprint density at radius 3 is 2.29 bits per heavy atom. The van der Waals surface area contributed by atoms with E-state index in [9.17, 15) is 19.5 Å². The summed E-state index contributed by atoms with van der Waals surface area (Å²) in [6.45, 7) is 6.02. The quantitative estimate of drug-likeness (QED) is 0.610. The monoisotopic (exact) mass is 338 g/mol. The Hall–Kier alpha value is -1.89. The van der Waals surface area contributed by atoms with E-state index in [0.29, 0.717) is 52.1 Å². The van der Waals surface area contributed by atoms with Crippen LogP contribution < -0.4 is 0 Å². The van der Waals surface area contributed by atoms with E-state index in [1.54, 1.807) is 0 Å². The smallest absolute Gasteiger partial charge is 0.312 e. The average molecular weight is 338 g/mol. The molecular weight excluding hydrogens is 312 g/mol. The average Bonchev–Trinajstić information content (AvgIpc) is 2.59. The minimum atomic E-state index is -1.00. The maximum absolute atomic E-state index is 12.5. The van der Waals surface area contributed by atoms with Crippen molar-refractivity contribution in [3.8, 4) is 0 Å². The number of likely N-dealkylation sites (tertiary alicyclic amines) is 1. The summed E-state index contributed by atoms with van der Waals surface area (Å²) in [7, 11) is 0. The first-order chi connectivity index (χ1) is 11.4. The number of carbonyl (C=O) groups excluding carboxylic acids is 2. The standard InChI is InChI=1S/C17H26N2O5/c1-13(2)4-6-17(16(22)23)5-3-7-19(12-17)15(21)14(20)18-8-10-24-11-9-18/h4H,3,5-12H2,1-2H3,(H,22,23). The lowest BCUT2D eigenvalue weighted by Gasteiger charge is -2.40. The van der Waals surface area contributed by atoms with Gasteiger partial charge in [-0.05, 0) is 33.1 Å². The highest BCUT2D eigenvalue weighted by molar-refractivity contribution is 6.35. The van der Waals surface area contributed by atoms with E-state index < -0.39 is 23.2 Å². The highest BCUT2D eigenvalue weighted by atomic mass is 16.5. The molecule has 2 rings (SSSR count). The second kappa shape index (κ2) is 7.79. The van der Waals surface area contributed by atoms with Crippen molar-refractivity contribution >= 4 is 17.8 Å².